The van der Waals surface area contributed by atoms with Gasteiger partial charge in [-0.25, -0.2) is 19.6 Å². The average Bonchev–Trinajstić information content (AvgIpc) is 3.04. The maximum Gasteiger partial charge on any atom is 0.410 e. The topological polar surface area (TPSA) is 84.9 Å². The van der Waals surface area contributed by atoms with Crippen molar-refractivity contribution in [1.29, 1.82) is 0 Å². The van der Waals surface area contributed by atoms with Crippen molar-refractivity contribution in [3.63, 3.8) is 0 Å². The van der Waals surface area contributed by atoms with Crippen LogP contribution in [0, 0.1) is 0 Å². The Morgan fingerprint density at radius 1 is 1.22 bits per heavy atom. The highest BCUT2D eigenvalue weighted by atomic mass is 16.6. The fourth-order valence-electron chi connectivity index (χ4n) is 3.73. The van der Waals surface area contributed by atoms with Crippen LogP contribution in [0.4, 0.5) is 10.6 Å². The van der Waals surface area contributed by atoms with Gasteiger partial charge in [0.1, 0.15) is 18.0 Å². The molecule has 2 fully saturated rings. The molecule has 1 aromatic carbocycles. The minimum Gasteiger partial charge on any atom is -0.464 e. The molecule has 4 rings (SSSR count). The van der Waals surface area contributed by atoms with Gasteiger partial charge in [0.25, 0.3) is 0 Å². The summed E-state index contributed by atoms with van der Waals surface area (Å²) in [6, 6.07) is 10.1. The van der Waals surface area contributed by atoms with E-state index in [1.54, 1.807) is 6.20 Å². The molecule has 1 atom stereocenters. The summed E-state index contributed by atoms with van der Waals surface area (Å²) in [5.41, 5.74) is 0.868. The number of benzene rings is 1. The SMILES string of the molecule is COC(=O)c1cnc(N2CCN3C(=O)OCC3(Cc3ccccc3)C2)cn1. The van der Waals surface area contributed by atoms with E-state index in [0.717, 1.165) is 5.56 Å². The molecule has 1 aromatic heterocycles. The van der Waals surface area contributed by atoms with Crippen molar-refractivity contribution in [2.45, 2.75) is 12.0 Å². The van der Waals surface area contributed by atoms with Gasteiger partial charge in [-0.1, -0.05) is 30.3 Å². The lowest BCUT2D eigenvalue weighted by atomic mass is 9.88. The highest BCUT2D eigenvalue weighted by molar-refractivity contribution is 5.86. The lowest BCUT2D eigenvalue weighted by molar-refractivity contribution is 0.0593. The fraction of sp³-hybridized carbons (Fsp3) is 0.368. The van der Waals surface area contributed by atoms with Crippen molar-refractivity contribution in [1.82, 2.24) is 14.9 Å². The first-order valence-corrected chi connectivity index (χ1v) is 8.75. The summed E-state index contributed by atoms with van der Waals surface area (Å²) in [6.45, 7) is 2.09. The second-order valence-corrected chi connectivity index (χ2v) is 6.77. The number of methoxy groups -OCH3 is 1. The highest BCUT2D eigenvalue weighted by Gasteiger charge is 2.51. The second-order valence-electron chi connectivity index (χ2n) is 6.77. The van der Waals surface area contributed by atoms with Crippen molar-refractivity contribution in [2.24, 2.45) is 0 Å². The van der Waals surface area contributed by atoms with Gasteiger partial charge in [0, 0.05) is 26.1 Å². The molecule has 0 saturated carbocycles. The van der Waals surface area contributed by atoms with Crippen LogP contribution in [-0.2, 0) is 15.9 Å². The van der Waals surface area contributed by atoms with Crippen LogP contribution < -0.4 is 4.90 Å². The molecule has 140 valence electrons. The van der Waals surface area contributed by atoms with Gasteiger partial charge in [0.15, 0.2) is 5.69 Å². The number of piperazine rings is 1. The minimum atomic E-state index is -0.519. The quantitative estimate of drug-likeness (QED) is 0.757. The monoisotopic (exact) mass is 368 g/mol. The third-order valence-corrected chi connectivity index (χ3v) is 5.07. The maximum absolute atomic E-state index is 12.2. The molecule has 8 heteroatoms. The number of carbonyl (C=O) groups is 2. The first-order chi connectivity index (χ1) is 13.1. The number of hydrogen-bond acceptors (Lipinski definition) is 7. The molecule has 3 heterocycles. The molecule has 1 unspecified atom stereocenters. The molecule has 2 aliphatic rings. The van der Waals surface area contributed by atoms with Gasteiger partial charge in [0.05, 0.1) is 19.5 Å². The molecule has 0 radical (unpaired) electrons. The molecule has 0 N–H and O–H groups in total. The molecule has 2 saturated heterocycles. The summed E-state index contributed by atoms with van der Waals surface area (Å²) in [5.74, 6) is 0.142. The van der Waals surface area contributed by atoms with E-state index >= 15 is 0 Å². The van der Waals surface area contributed by atoms with Crippen LogP contribution in [0.25, 0.3) is 0 Å². The fourth-order valence-corrected chi connectivity index (χ4v) is 3.73. The molecule has 8 nitrogen and oxygen atoms in total. The lowest BCUT2D eigenvalue weighted by Gasteiger charge is -2.45. The van der Waals surface area contributed by atoms with Gasteiger partial charge in [-0.3, -0.25) is 4.90 Å². The van der Waals surface area contributed by atoms with Crippen molar-refractivity contribution >= 4 is 17.9 Å². The van der Waals surface area contributed by atoms with Crippen molar-refractivity contribution < 1.29 is 19.1 Å². The Morgan fingerprint density at radius 2 is 2.04 bits per heavy atom. The normalized spacial score (nSPS) is 21.6. The zero-order chi connectivity index (χ0) is 18.9. The average molecular weight is 368 g/mol. The number of aromatic nitrogens is 2. The van der Waals surface area contributed by atoms with E-state index in [9.17, 15) is 9.59 Å². The summed E-state index contributed by atoms with van der Waals surface area (Å²) in [7, 11) is 1.31. The number of fused-ring (bicyclic) bond motifs is 1. The number of anilines is 1. The van der Waals surface area contributed by atoms with Crippen molar-refractivity contribution in [3.05, 3.63) is 54.0 Å². The Kier molecular flexibility index (Phi) is 4.39. The van der Waals surface area contributed by atoms with E-state index in [2.05, 4.69) is 31.7 Å². The van der Waals surface area contributed by atoms with E-state index in [1.807, 2.05) is 23.1 Å². The molecule has 2 aliphatic heterocycles. The number of esters is 1. The Bertz CT molecular complexity index is 843. The Hall–Kier alpha value is -3.16. The number of rotatable bonds is 4. The van der Waals surface area contributed by atoms with Crippen LogP contribution >= 0.6 is 0 Å². The number of amides is 1. The molecule has 27 heavy (non-hydrogen) atoms. The predicted molar refractivity (Wildman–Crippen MR) is 96.5 cm³/mol. The molecule has 0 bridgehead atoms. The van der Waals surface area contributed by atoms with Gasteiger partial charge in [0.2, 0.25) is 0 Å². The second kappa shape index (κ2) is 6.86. The number of hydrogen-bond donors (Lipinski definition) is 0. The van der Waals surface area contributed by atoms with Crippen molar-refractivity contribution in [2.75, 3.05) is 38.3 Å². The number of cyclic esters (lactones) is 1. The van der Waals surface area contributed by atoms with E-state index in [-0.39, 0.29) is 11.8 Å². The molecular weight excluding hydrogens is 348 g/mol. The van der Waals surface area contributed by atoms with Crippen LogP contribution in [0.3, 0.4) is 0 Å². The van der Waals surface area contributed by atoms with Crippen LogP contribution in [0.1, 0.15) is 16.1 Å². The Balaban J connectivity index is 1.58. The van der Waals surface area contributed by atoms with Gasteiger partial charge in [-0.2, -0.15) is 0 Å². The molecule has 0 aliphatic carbocycles. The Morgan fingerprint density at radius 3 is 2.74 bits per heavy atom. The van der Waals surface area contributed by atoms with E-state index in [4.69, 9.17) is 4.74 Å². The van der Waals surface area contributed by atoms with E-state index < -0.39 is 11.5 Å². The summed E-state index contributed by atoms with van der Waals surface area (Å²) < 4.78 is 10.0. The van der Waals surface area contributed by atoms with Crippen LogP contribution in [0.5, 0.6) is 0 Å². The molecule has 0 spiro atoms. The maximum atomic E-state index is 12.2. The number of carbonyl (C=O) groups excluding carboxylic acids is 2. The number of ether oxygens (including phenoxy) is 2. The Labute approximate surface area is 156 Å². The van der Waals surface area contributed by atoms with Gasteiger partial charge >= 0.3 is 12.1 Å². The first kappa shape index (κ1) is 17.3. The third-order valence-electron chi connectivity index (χ3n) is 5.07. The van der Waals surface area contributed by atoms with Gasteiger partial charge in [-0.05, 0) is 5.56 Å². The summed E-state index contributed by atoms with van der Waals surface area (Å²) in [5, 5.41) is 0. The summed E-state index contributed by atoms with van der Waals surface area (Å²) in [4.78, 5) is 36.2. The smallest absolute Gasteiger partial charge is 0.410 e. The van der Waals surface area contributed by atoms with Crippen LogP contribution in [0.15, 0.2) is 42.7 Å². The molecule has 1 amide bonds. The molecular formula is C19H20N4O4. The number of nitrogens with zero attached hydrogens (tertiary/aromatic N) is 4. The minimum absolute atomic E-state index is 0.165. The largest absolute Gasteiger partial charge is 0.464 e. The van der Waals surface area contributed by atoms with E-state index in [0.29, 0.717) is 38.5 Å². The highest BCUT2D eigenvalue weighted by Crippen LogP contribution is 2.33. The lowest BCUT2D eigenvalue weighted by Crippen LogP contribution is -2.62. The first-order valence-electron chi connectivity index (χ1n) is 8.75. The third kappa shape index (κ3) is 3.18. The van der Waals surface area contributed by atoms with Crippen LogP contribution in [0.2, 0.25) is 0 Å². The summed E-state index contributed by atoms with van der Waals surface area (Å²) in [6.07, 6.45) is 3.41. The predicted octanol–water partition coefficient (Wildman–Crippen LogP) is 1.52. The zero-order valence-corrected chi connectivity index (χ0v) is 15.0. The van der Waals surface area contributed by atoms with Crippen LogP contribution in [-0.4, -0.2) is 65.8 Å². The molecule has 2 aromatic rings. The van der Waals surface area contributed by atoms with Gasteiger partial charge in [-0.15, -0.1) is 0 Å². The van der Waals surface area contributed by atoms with Crippen molar-refractivity contribution in [3.8, 4) is 0 Å². The van der Waals surface area contributed by atoms with Gasteiger partial charge < -0.3 is 14.4 Å². The standard InChI is InChI=1S/C19H20N4O4/c1-26-17(24)15-10-21-16(11-20-15)22-7-8-23-18(25)27-13-19(23,12-22)9-14-5-3-2-4-6-14/h2-6,10-11H,7-9,12-13H2,1H3. The van der Waals surface area contributed by atoms with E-state index in [1.165, 1.54) is 13.3 Å². The zero-order valence-electron chi connectivity index (χ0n) is 15.0. The summed E-state index contributed by atoms with van der Waals surface area (Å²) >= 11 is 0.